The number of methoxy groups -OCH3 is 1. The lowest BCUT2D eigenvalue weighted by Gasteiger charge is -2.10. The molecular formula is C15H15N3O5. The quantitative estimate of drug-likeness (QED) is 0.668. The van der Waals surface area contributed by atoms with Crippen LogP contribution in [0.1, 0.15) is 5.69 Å². The Morgan fingerprint density at radius 1 is 1.35 bits per heavy atom. The predicted molar refractivity (Wildman–Crippen MR) is 83.7 cm³/mol. The van der Waals surface area contributed by atoms with E-state index in [4.69, 9.17) is 4.74 Å². The molecule has 8 nitrogen and oxygen atoms in total. The van der Waals surface area contributed by atoms with Crippen LogP contribution >= 0.6 is 0 Å². The number of amides is 1. The highest BCUT2D eigenvalue weighted by molar-refractivity contribution is 5.93. The van der Waals surface area contributed by atoms with Gasteiger partial charge in [-0.2, -0.15) is 0 Å². The number of aromatic nitrogens is 1. The van der Waals surface area contributed by atoms with Crippen molar-refractivity contribution in [2.24, 2.45) is 0 Å². The molecule has 23 heavy (non-hydrogen) atoms. The molecule has 0 aliphatic rings. The molecule has 0 atom stereocenters. The molecule has 2 aromatic rings. The molecule has 0 aliphatic heterocycles. The van der Waals surface area contributed by atoms with Gasteiger partial charge in [0.1, 0.15) is 18.0 Å². The summed E-state index contributed by atoms with van der Waals surface area (Å²) in [5.41, 5.74) is 0.0681. The molecule has 1 amide bonds. The Kier molecular flexibility index (Phi) is 4.75. The van der Waals surface area contributed by atoms with Crippen LogP contribution in [-0.2, 0) is 11.3 Å². The molecular weight excluding hydrogens is 302 g/mol. The van der Waals surface area contributed by atoms with Crippen LogP contribution in [0, 0.1) is 17.0 Å². The maximum Gasteiger partial charge on any atom is 0.296 e. The van der Waals surface area contributed by atoms with Gasteiger partial charge in [0.25, 0.3) is 11.2 Å². The van der Waals surface area contributed by atoms with Crippen LogP contribution in [0.5, 0.6) is 5.75 Å². The zero-order valence-corrected chi connectivity index (χ0v) is 12.6. The fourth-order valence-corrected chi connectivity index (χ4v) is 2.05. The number of hydrogen-bond donors (Lipinski definition) is 1. The minimum atomic E-state index is -0.613. The number of carbonyl (C=O) groups excluding carboxylic acids is 1. The number of anilines is 1. The molecule has 0 unspecified atom stereocenters. The van der Waals surface area contributed by atoms with E-state index < -0.39 is 10.8 Å². The highest BCUT2D eigenvalue weighted by atomic mass is 16.6. The van der Waals surface area contributed by atoms with Crippen molar-refractivity contribution in [3.05, 3.63) is 62.6 Å². The smallest absolute Gasteiger partial charge is 0.296 e. The first-order valence-corrected chi connectivity index (χ1v) is 6.71. The third-order valence-electron chi connectivity index (χ3n) is 3.25. The van der Waals surface area contributed by atoms with Gasteiger partial charge in [0.15, 0.2) is 0 Å². The third kappa shape index (κ3) is 3.73. The molecule has 0 saturated heterocycles. The molecule has 1 heterocycles. The number of hydrogen-bond acceptors (Lipinski definition) is 5. The molecule has 1 aromatic heterocycles. The number of aryl methyl sites for hydroxylation is 1. The van der Waals surface area contributed by atoms with E-state index in [-0.39, 0.29) is 23.5 Å². The van der Waals surface area contributed by atoms with Gasteiger partial charge in [-0.05, 0) is 25.1 Å². The largest absolute Gasteiger partial charge is 0.496 e. The van der Waals surface area contributed by atoms with E-state index in [2.05, 4.69) is 5.32 Å². The molecule has 0 saturated carbocycles. The lowest BCUT2D eigenvalue weighted by molar-refractivity contribution is -0.384. The summed E-state index contributed by atoms with van der Waals surface area (Å²) in [5.74, 6) is -0.223. The van der Waals surface area contributed by atoms with E-state index in [9.17, 15) is 19.7 Å². The van der Waals surface area contributed by atoms with Crippen molar-refractivity contribution in [3.8, 4) is 5.75 Å². The highest BCUT2D eigenvalue weighted by Crippen LogP contribution is 2.28. The van der Waals surface area contributed by atoms with E-state index in [1.54, 1.807) is 19.1 Å². The maximum atomic E-state index is 12.1. The van der Waals surface area contributed by atoms with Crippen LogP contribution in [-0.4, -0.2) is 22.5 Å². The normalized spacial score (nSPS) is 10.2. The van der Waals surface area contributed by atoms with Crippen LogP contribution in [0.25, 0.3) is 0 Å². The van der Waals surface area contributed by atoms with Gasteiger partial charge in [-0.1, -0.05) is 6.07 Å². The number of benzene rings is 1. The minimum Gasteiger partial charge on any atom is -0.496 e. The van der Waals surface area contributed by atoms with E-state index in [1.807, 2.05) is 0 Å². The first-order chi connectivity index (χ1) is 10.9. The standard InChI is InChI=1S/C15H15N3O5/c1-10-4-3-5-15(20)17(10)9-14(19)16-12-7-6-11(23-2)8-13(12)18(21)22/h3-8H,9H2,1-2H3,(H,16,19). The van der Waals surface area contributed by atoms with Crippen molar-refractivity contribution >= 4 is 17.3 Å². The van der Waals surface area contributed by atoms with E-state index in [0.717, 1.165) is 0 Å². The molecule has 2 rings (SSSR count). The Bertz CT molecular complexity index is 813. The lowest BCUT2D eigenvalue weighted by atomic mass is 10.2. The maximum absolute atomic E-state index is 12.1. The first-order valence-electron chi connectivity index (χ1n) is 6.71. The number of nitro groups is 1. The second kappa shape index (κ2) is 6.73. The monoisotopic (exact) mass is 317 g/mol. The topological polar surface area (TPSA) is 103 Å². The van der Waals surface area contributed by atoms with Gasteiger partial charge in [-0.3, -0.25) is 19.7 Å². The van der Waals surface area contributed by atoms with Crippen molar-refractivity contribution in [1.29, 1.82) is 0 Å². The Hall–Kier alpha value is -3.16. The number of pyridine rings is 1. The van der Waals surface area contributed by atoms with Crippen molar-refractivity contribution in [1.82, 2.24) is 4.57 Å². The van der Waals surface area contributed by atoms with Gasteiger partial charge >= 0.3 is 0 Å². The molecule has 0 spiro atoms. The van der Waals surface area contributed by atoms with Crippen molar-refractivity contribution in [3.63, 3.8) is 0 Å². The van der Waals surface area contributed by atoms with Crippen LogP contribution in [0.2, 0.25) is 0 Å². The first kappa shape index (κ1) is 16.2. The molecule has 1 N–H and O–H groups in total. The Morgan fingerprint density at radius 2 is 2.09 bits per heavy atom. The summed E-state index contributed by atoms with van der Waals surface area (Å²) >= 11 is 0. The minimum absolute atomic E-state index is 0.0439. The SMILES string of the molecule is COc1ccc(NC(=O)Cn2c(C)cccc2=O)c([N+](=O)[O-])c1. The number of nitrogens with one attached hydrogen (secondary N) is 1. The van der Waals surface area contributed by atoms with E-state index >= 15 is 0 Å². The van der Waals surface area contributed by atoms with Crippen molar-refractivity contribution < 1.29 is 14.5 Å². The molecule has 8 heteroatoms. The second-order valence-electron chi connectivity index (χ2n) is 4.78. The highest BCUT2D eigenvalue weighted by Gasteiger charge is 2.17. The van der Waals surface area contributed by atoms with E-state index in [0.29, 0.717) is 11.4 Å². The number of nitrogens with zero attached hydrogens (tertiary/aromatic N) is 2. The average Bonchev–Trinajstić information content (AvgIpc) is 2.51. The number of nitro benzene ring substituents is 1. The van der Waals surface area contributed by atoms with Crippen molar-refractivity contribution in [2.75, 3.05) is 12.4 Å². The van der Waals surface area contributed by atoms with Gasteiger partial charge in [0.2, 0.25) is 5.91 Å². The number of rotatable bonds is 5. The van der Waals surface area contributed by atoms with Crippen LogP contribution in [0.15, 0.2) is 41.2 Å². The number of ether oxygens (including phenoxy) is 1. The third-order valence-corrected chi connectivity index (χ3v) is 3.25. The molecule has 0 bridgehead atoms. The van der Waals surface area contributed by atoms with E-state index in [1.165, 1.54) is 35.9 Å². The summed E-state index contributed by atoms with van der Waals surface area (Å²) in [7, 11) is 1.39. The molecule has 1 aromatic carbocycles. The fourth-order valence-electron chi connectivity index (χ4n) is 2.05. The van der Waals surface area contributed by atoms with Gasteiger partial charge in [0.05, 0.1) is 18.1 Å². The Balaban J connectivity index is 2.24. The zero-order valence-electron chi connectivity index (χ0n) is 12.6. The summed E-state index contributed by atoms with van der Waals surface area (Å²) in [6, 6.07) is 8.74. The van der Waals surface area contributed by atoms with Gasteiger partial charge < -0.3 is 14.6 Å². The Labute approximate surface area is 131 Å². The Morgan fingerprint density at radius 3 is 2.70 bits per heavy atom. The summed E-state index contributed by atoms with van der Waals surface area (Å²) in [6.45, 7) is 1.47. The molecule has 120 valence electrons. The van der Waals surface area contributed by atoms with Crippen LogP contribution < -0.4 is 15.6 Å². The summed E-state index contributed by atoms with van der Waals surface area (Å²) in [4.78, 5) is 34.3. The summed E-state index contributed by atoms with van der Waals surface area (Å²) in [6.07, 6.45) is 0. The van der Waals surface area contributed by atoms with Crippen LogP contribution in [0.4, 0.5) is 11.4 Å². The summed E-state index contributed by atoms with van der Waals surface area (Å²) in [5, 5.41) is 13.5. The molecule has 0 radical (unpaired) electrons. The average molecular weight is 317 g/mol. The zero-order chi connectivity index (χ0) is 17.0. The molecule has 0 aliphatic carbocycles. The second-order valence-corrected chi connectivity index (χ2v) is 4.78. The molecule has 0 fully saturated rings. The lowest BCUT2D eigenvalue weighted by Crippen LogP contribution is -2.28. The fraction of sp³-hybridized carbons (Fsp3) is 0.200. The number of carbonyl (C=O) groups is 1. The van der Waals surface area contributed by atoms with Gasteiger partial charge in [-0.15, -0.1) is 0 Å². The van der Waals surface area contributed by atoms with Gasteiger partial charge in [-0.25, -0.2) is 0 Å². The predicted octanol–water partition coefficient (Wildman–Crippen LogP) is 1.71. The van der Waals surface area contributed by atoms with Crippen molar-refractivity contribution in [2.45, 2.75) is 13.5 Å². The summed E-state index contributed by atoms with van der Waals surface area (Å²) < 4.78 is 6.21. The van der Waals surface area contributed by atoms with Crippen LogP contribution in [0.3, 0.4) is 0 Å². The van der Waals surface area contributed by atoms with Gasteiger partial charge in [0, 0.05) is 11.8 Å².